The fraction of sp³-hybridized carbons (Fsp3) is 0.545. The Morgan fingerprint density at radius 1 is 1.47 bits per heavy atom. The molecule has 0 aromatic carbocycles. The SMILES string of the molecule is CNc1cnc(C(=O)NC2CCOC2C)cn1. The molecule has 2 rings (SSSR count). The van der Waals surface area contributed by atoms with Gasteiger partial charge in [-0.1, -0.05) is 0 Å². The van der Waals surface area contributed by atoms with E-state index in [0.717, 1.165) is 6.42 Å². The molecule has 1 aliphatic heterocycles. The van der Waals surface area contributed by atoms with E-state index in [1.54, 1.807) is 7.05 Å². The third-order valence-corrected chi connectivity index (χ3v) is 2.83. The zero-order valence-corrected chi connectivity index (χ0v) is 9.93. The molecule has 17 heavy (non-hydrogen) atoms. The highest BCUT2D eigenvalue weighted by Crippen LogP contribution is 2.13. The van der Waals surface area contributed by atoms with Crippen molar-refractivity contribution in [3.63, 3.8) is 0 Å². The van der Waals surface area contributed by atoms with Gasteiger partial charge in [-0.3, -0.25) is 4.79 Å². The van der Waals surface area contributed by atoms with Gasteiger partial charge in [0.25, 0.3) is 5.91 Å². The molecular weight excluding hydrogens is 220 g/mol. The maximum atomic E-state index is 11.9. The van der Waals surface area contributed by atoms with Crippen LogP contribution in [0.5, 0.6) is 0 Å². The lowest BCUT2D eigenvalue weighted by atomic mass is 10.1. The van der Waals surface area contributed by atoms with Gasteiger partial charge in [-0.2, -0.15) is 0 Å². The van der Waals surface area contributed by atoms with Gasteiger partial charge in [0.1, 0.15) is 11.5 Å². The van der Waals surface area contributed by atoms with Gasteiger partial charge in [-0.05, 0) is 13.3 Å². The van der Waals surface area contributed by atoms with Crippen molar-refractivity contribution >= 4 is 11.7 Å². The number of nitrogens with one attached hydrogen (secondary N) is 2. The Balaban J connectivity index is 1.99. The summed E-state index contributed by atoms with van der Waals surface area (Å²) in [5.41, 5.74) is 0.322. The number of hydrogen-bond acceptors (Lipinski definition) is 5. The first-order chi connectivity index (χ1) is 8.20. The number of hydrogen-bond donors (Lipinski definition) is 2. The quantitative estimate of drug-likeness (QED) is 0.795. The van der Waals surface area contributed by atoms with Crippen LogP contribution in [0.3, 0.4) is 0 Å². The van der Waals surface area contributed by atoms with Gasteiger partial charge in [-0.15, -0.1) is 0 Å². The van der Waals surface area contributed by atoms with Crippen molar-refractivity contribution in [3.8, 4) is 0 Å². The Kier molecular flexibility index (Phi) is 3.53. The lowest BCUT2D eigenvalue weighted by Gasteiger charge is -2.15. The van der Waals surface area contributed by atoms with E-state index < -0.39 is 0 Å². The molecule has 92 valence electrons. The van der Waals surface area contributed by atoms with Crippen LogP contribution in [0.4, 0.5) is 5.82 Å². The summed E-state index contributed by atoms with van der Waals surface area (Å²) in [6.07, 6.45) is 3.89. The van der Waals surface area contributed by atoms with Crippen molar-refractivity contribution in [2.75, 3.05) is 19.0 Å². The maximum absolute atomic E-state index is 11.9. The molecule has 6 heteroatoms. The van der Waals surface area contributed by atoms with Crippen molar-refractivity contribution in [3.05, 3.63) is 18.1 Å². The van der Waals surface area contributed by atoms with Gasteiger partial charge >= 0.3 is 0 Å². The first kappa shape index (κ1) is 11.8. The molecule has 1 aliphatic rings. The van der Waals surface area contributed by atoms with E-state index in [2.05, 4.69) is 20.6 Å². The highest BCUT2D eigenvalue weighted by atomic mass is 16.5. The predicted octanol–water partition coefficient (Wildman–Crippen LogP) is 0.425. The third-order valence-electron chi connectivity index (χ3n) is 2.83. The van der Waals surface area contributed by atoms with Crippen molar-refractivity contribution in [2.45, 2.75) is 25.5 Å². The fourth-order valence-electron chi connectivity index (χ4n) is 1.74. The summed E-state index contributed by atoms with van der Waals surface area (Å²) < 4.78 is 5.38. The maximum Gasteiger partial charge on any atom is 0.271 e. The van der Waals surface area contributed by atoms with Crippen LogP contribution in [-0.2, 0) is 4.74 Å². The third kappa shape index (κ3) is 2.71. The van der Waals surface area contributed by atoms with Gasteiger partial charge in [0.2, 0.25) is 0 Å². The summed E-state index contributed by atoms with van der Waals surface area (Å²) in [7, 11) is 1.75. The van der Waals surface area contributed by atoms with E-state index >= 15 is 0 Å². The second kappa shape index (κ2) is 5.09. The number of amides is 1. The normalized spacial score (nSPS) is 23.4. The molecule has 6 nitrogen and oxygen atoms in total. The molecule has 1 saturated heterocycles. The van der Waals surface area contributed by atoms with Crippen LogP contribution in [0.1, 0.15) is 23.8 Å². The number of anilines is 1. The van der Waals surface area contributed by atoms with Crippen LogP contribution in [0.2, 0.25) is 0 Å². The van der Waals surface area contributed by atoms with Crippen molar-refractivity contribution < 1.29 is 9.53 Å². The molecule has 0 saturated carbocycles. The first-order valence-corrected chi connectivity index (χ1v) is 5.63. The average molecular weight is 236 g/mol. The minimum Gasteiger partial charge on any atom is -0.376 e. The molecule has 0 spiro atoms. The topological polar surface area (TPSA) is 76.1 Å². The number of nitrogens with zero attached hydrogens (tertiary/aromatic N) is 2. The number of carbonyl (C=O) groups is 1. The van der Waals surface area contributed by atoms with Gasteiger partial charge in [-0.25, -0.2) is 9.97 Å². The number of rotatable bonds is 3. The minimum atomic E-state index is -0.206. The van der Waals surface area contributed by atoms with Crippen LogP contribution < -0.4 is 10.6 Å². The van der Waals surface area contributed by atoms with E-state index in [-0.39, 0.29) is 18.1 Å². The van der Waals surface area contributed by atoms with Gasteiger partial charge in [0.15, 0.2) is 0 Å². The number of ether oxygens (including phenoxy) is 1. The van der Waals surface area contributed by atoms with Gasteiger partial charge < -0.3 is 15.4 Å². The summed E-state index contributed by atoms with van der Waals surface area (Å²) in [6.45, 7) is 2.64. The fourth-order valence-corrected chi connectivity index (χ4v) is 1.74. The van der Waals surface area contributed by atoms with Crippen LogP contribution in [0.25, 0.3) is 0 Å². The molecule has 2 unspecified atom stereocenters. The van der Waals surface area contributed by atoms with Gasteiger partial charge in [0, 0.05) is 13.7 Å². The predicted molar refractivity (Wildman–Crippen MR) is 62.9 cm³/mol. The Labute approximate surface area is 99.8 Å². The molecule has 1 fully saturated rings. The largest absolute Gasteiger partial charge is 0.376 e. The Morgan fingerprint density at radius 3 is 2.82 bits per heavy atom. The monoisotopic (exact) mass is 236 g/mol. The molecule has 1 amide bonds. The minimum absolute atomic E-state index is 0.0588. The second-order valence-electron chi connectivity index (χ2n) is 3.98. The van der Waals surface area contributed by atoms with Crippen molar-refractivity contribution in [1.29, 1.82) is 0 Å². The lowest BCUT2D eigenvalue weighted by molar-refractivity contribution is 0.0861. The highest BCUT2D eigenvalue weighted by Gasteiger charge is 2.26. The molecule has 0 aliphatic carbocycles. The van der Waals surface area contributed by atoms with Crippen LogP contribution in [0, 0.1) is 0 Å². The summed E-state index contributed by atoms with van der Waals surface area (Å²) in [5.74, 6) is 0.432. The van der Waals surface area contributed by atoms with Gasteiger partial charge in [0.05, 0.1) is 24.5 Å². The molecular formula is C11H16N4O2. The molecule has 2 atom stereocenters. The standard InChI is InChI=1S/C11H16N4O2/c1-7-8(3-4-17-7)15-11(16)9-5-14-10(12-2)6-13-9/h5-8H,3-4H2,1-2H3,(H,12,14)(H,15,16). The van der Waals surface area contributed by atoms with Crippen LogP contribution >= 0.6 is 0 Å². The average Bonchev–Trinajstić information content (AvgIpc) is 2.75. The summed E-state index contributed by atoms with van der Waals surface area (Å²) in [5, 5.41) is 5.74. The molecule has 2 heterocycles. The molecule has 0 bridgehead atoms. The van der Waals surface area contributed by atoms with E-state index in [9.17, 15) is 4.79 Å². The zero-order chi connectivity index (χ0) is 12.3. The number of carbonyl (C=O) groups excluding carboxylic acids is 1. The van der Waals surface area contributed by atoms with Crippen LogP contribution in [0.15, 0.2) is 12.4 Å². The second-order valence-corrected chi connectivity index (χ2v) is 3.98. The smallest absolute Gasteiger partial charge is 0.271 e. The first-order valence-electron chi connectivity index (χ1n) is 5.63. The molecule has 2 N–H and O–H groups in total. The zero-order valence-electron chi connectivity index (χ0n) is 9.93. The molecule has 1 aromatic heterocycles. The summed E-state index contributed by atoms with van der Waals surface area (Å²) in [4.78, 5) is 19.9. The summed E-state index contributed by atoms with van der Waals surface area (Å²) in [6, 6.07) is 0.0632. The Morgan fingerprint density at radius 2 is 2.29 bits per heavy atom. The van der Waals surface area contributed by atoms with Crippen LogP contribution in [-0.4, -0.2) is 41.7 Å². The van der Waals surface area contributed by atoms with Crippen molar-refractivity contribution in [1.82, 2.24) is 15.3 Å². The van der Waals surface area contributed by atoms with Crippen molar-refractivity contribution in [2.24, 2.45) is 0 Å². The van der Waals surface area contributed by atoms with E-state index in [1.807, 2.05) is 6.92 Å². The highest BCUT2D eigenvalue weighted by molar-refractivity contribution is 5.92. The Hall–Kier alpha value is -1.69. The molecule has 0 radical (unpaired) electrons. The summed E-state index contributed by atoms with van der Waals surface area (Å²) >= 11 is 0. The Bertz CT molecular complexity index is 393. The number of aromatic nitrogens is 2. The lowest BCUT2D eigenvalue weighted by Crippen LogP contribution is -2.39. The molecule has 1 aromatic rings. The van der Waals surface area contributed by atoms with E-state index in [4.69, 9.17) is 4.74 Å². The van der Waals surface area contributed by atoms with E-state index in [0.29, 0.717) is 18.1 Å². The van der Waals surface area contributed by atoms with E-state index in [1.165, 1.54) is 12.4 Å².